The quantitative estimate of drug-likeness (QED) is 0.460. The summed E-state index contributed by atoms with van der Waals surface area (Å²) in [7, 11) is -2.38. The number of fused-ring (bicyclic) bond motifs is 1. The number of hydrogen-bond acceptors (Lipinski definition) is 8. The molecule has 0 radical (unpaired) electrons. The summed E-state index contributed by atoms with van der Waals surface area (Å²) >= 11 is 6.19. The van der Waals surface area contributed by atoms with Gasteiger partial charge >= 0.3 is 0 Å². The Kier molecular flexibility index (Phi) is 7.81. The van der Waals surface area contributed by atoms with E-state index in [9.17, 15) is 13.2 Å². The Morgan fingerprint density at radius 2 is 1.77 bits per heavy atom. The first-order valence-electron chi connectivity index (χ1n) is 12.8. The predicted octanol–water partition coefficient (Wildman–Crippen LogP) is 3.43. The molecular weight excluding hydrogens is 540 g/mol. The van der Waals surface area contributed by atoms with E-state index in [-0.39, 0.29) is 28.5 Å². The van der Waals surface area contributed by atoms with E-state index in [1.54, 1.807) is 24.3 Å². The summed E-state index contributed by atoms with van der Waals surface area (Å²) in [5.74, 6) is 0.500. The number of piperazine rings is 1. The summed E-state index contributed by atoms with van der Waals surface area (Å²) in [6.07, 6.45) is 3.19. The second kappa shape index (κ2) is 11.3. The topological polar surface area (TPSA) is 108 Å². The Hall–Kier alpha value is -3.57. The molecule has 3 heterocycles. The van der Waals surface area contributed by atoms with Gasteiger partial charge in [-0.1, -0.05) is 11.6 Å². The Balaban J connectivity index is 1.19. The number of benzene rings is 2. The lowest BCUT2D eigenvalue weighted by molar-refractivity contribution is -0.132. The Labute approximate surface area is 233 Å². The van der Waals surface area contributed by atoms with E-state index in [2.05, 4.69) is 24.5 Å². The molecule has 39 heavy (non-hydrogen) atoms. The highest BCUT2D eigenvalue weighted by Gasteiger charge is 2.31. The van der Waals surface area contributed by atoms with E-state index < -0.39 is 10.0 Å². The van der Waals surface area contributed by atoms with Gasteiger partial charge in [0.1, 0.15) is 18.2 Å². The Bertz CT molecular complexity index is 1440. The largest absolute Gasteiger partial charge is 0.481 e. The maximum atomic E-state index is 13.4. The summed E-state index contributed by atoms with van der Waals surface area (Å²) in [5, 5.41) is 0.721. The fourth-order valence-corrected chi connectivity index (χ4v) is 6.31. The fraction of sp³-hybridized carbons (Fsp3) is 0.370. The molecule has 0 aliphatic carbocycles. The summed E-state index contributed by atoms with van der Waals surface area (Å²) < 4.78 is 33.1. The lowest BCUT2D eigenvalue weighted by atomic mass is 10.00. The highest BCUT2D eigenvalue weighted by molar-refractivity contribution is 7.92. The molecule has 5 rings (SSSR count). The monoisotopic (exact) mass is 570 g/mol. The zero-order valence-corrected chi connectivity index (χ0v) is 23.5. The number of carbonyl (C=O) groups is 1. The van der Waals surface area contributed by atoms with E-state index >= 15 is 0 Å². The molecule has 1 aromatic heterocycles. The minimum Gasteiger partial charge on any atom is -0.481 e. The molecular formula is C27H31ClN6O4S. The van der Waals surface area contributed by atoms with Gasteiger partial charge in [-0.25, -0.2) is 18.4 Å². The van der Waals surface area contributed by atoms with Crippen LogP contribution in [0.2, 0.25) is 5.02 Å². The Morgan fingerprint density at radius 3 is 2.49 bits per heavy atom. The molecule has 2 aromatic carbocycles. The van der Waals surface area contributed by atoms with Crippen LogP contribution in [0.15, 0.2) is 59.8 Å². The van der Waals surface area contributed by atoms with Crippen molar-refractivity contribution in [2.75, 3.05) is 54.4 Å². The fourth-order valence-electron chi connectivity index (χ4n) is 5.12. The number of nitrogens with zero attached hydrogens (tertiary/aromatic N) is 5. The molecule has 2 aliphatic rings. The van der Waals surface area contributed by atoms with Gasteiger partial charge in [-0.05, 0) is 67.8 Å². The number of methoxy groups -OCH3 is 1. The maximum absolute atomic E-state index is 13.4. The van der Waals surface area contributed by atoms with Crippen LogP contribution in [0.5, 0.6) is 5.88 Å². The number of hydrogen-bond donors (Lipinski definition) is 1. The Morgan fingerprint density at radius 1 is 1.03 bits per heavy atom. The van der Waals surface area contributed by atoms with Gasteiger partial charge in [-0.15, -0.1) is 0 Å². The first-order chi connectivity index (χ1) is 18.7. The standard InChI is InChI=1S/C27H31ClN6O4S/c1-19(34-11-3-4-20-16-21(28)5-10-24(20)34)27(35)33-14-12-32(13-15-33)22-6-8-23(9-7-22)39(36,37)31-25-17-26(38-2)30-18-29-25/h5-10,16-19H,3-4,11-15H2,1-2H3,(H,29,30,31)/t19-/m1/s1. The van der Waals surface area contributed by atoms with Crippen LogP contribution in [0.1, 0.15) is 18.9 Å². The van der Waals surface area contributed by atoms with Crippen molar-refractivity contribution in [2.24, 2.45) is 0 Å². The molecule has 10 nitrogen and oxygen atoms in total. The zero-order chi connectivity index (χ0) is 27.6. The third-order valence-corrected chi connectivity index (χ3v) is 8.82. The molecule has 3 aromatic rings. The number of nitrogens with one attached hydrogen (secondary N) is 1. The highest BCUT2D eigenvalue weighted by atomic mass is 35.5. The van der Waals surface area contributed by atoms with Gasteiger partial charge in [0, 0.05) is 55.2 Å². The highest BCUT2D eigenvalue weighted by Crippen LogP contribution is 2.31. The van der Waals surface area contributed by atoms with Crippen LogP contribution in [0.4, 0.5) is 17.2 Å². The number of amides is 1. The van der Waals surface area contributed by atoms with Crippen molar-refractivity contribution in [3.05, 3.63) is 65.4 Å². The molecule has 1 amide bonds. The van der Waals surface area contributed by atoms with E-state index in [0.29, 0.717) is 26.2 Å². The van der Waals surface area contributed by atoms with Crippen molar-refractivity contribution in [1.29, 1.82) is 0 Å². The number of anilines is 3. The molecule has 1 saturated heterocycles. The predicted molar refractivity (Wildman–Crippen MR) is 151 cm³/mol. The summed E-state index contributed by atoms with van der Waals surface area (Å²) in [6, 6.07) is 13.7. The SMILES string of the molecule is COc1cc(NS(=O)(=O)c2ccc(N3CCN(C(=O)[C@@H](C)N4CCCc5cc(Cl)ccc54)CC3)cc2)ncn1. The van der Waals surface area contributed by atoms with Crippen LogP contribution in [0.3, 0.4) is 0 Å². The van der Waals surface area contributed by atoms with Gasteiger partial charge in [0.25, 0.3) is 10.0 Å². The molecule has 0 unspecified atom stereocenters. The van der Waals surface area contributed by atoms with E-state index in [1.165, 1.54) is 25.1 Å². The van der Waals surface area contributed by atoms with Gasteiger partial charge in [-0.2, -0.15) is 0 Å². The first kappa shape index (κ1) is 27.0. The van der Waals surface area contributed by atoms with Crippen molar-refractivity contribution in [2.45, 2.75) is 30.7 Å². The molecule has 0 saturated carbocycles. The van der Waals surface area contributed by atoms with Crippen LogP contribution in [-0.4, -0.2) is 75.1 Å². The van der Waals surface area contributed by atoms with E-state index in [0.717, 1.165) is 35.8 Å². The first-order valence-corrected chi connectivity index (χ1v) is 14.7. The third-order valence-electron chi connectivity index (χ3n) is 7.21. The molecule has 12 heteroatoms. The normalized spacial score (nSPS) is 16.4. The average molecular weight is 571 g/mol. The molecule has 0 bridgehead atoms. The average Bonchev–Trinajstić information content (AvgIpc) is 2.96. The summed E-state index contributed by atoms with van der Waals surface area (Å²) in [4.78, 5) is 27.6. The molecule has 206 valence electrons. The third kappa shape index (κ3) is 5.89. The second-order valence-corrected chi connectivity index (χ2v) is 11.7. The maximum Gasteiger partial charge on any atom is 0.263 e. The van der Waals surface area contributed by atoms with E-state index in [1.807, 2.05) is 30.0 Å². The van der Waals surface area contributed by atoms with Gasteiger partial charge in [0.05, 0.1) is 12.0 Å². The summed E-state index contributed by atoms with van der Waals surface area (Å²) in [5.41, 5.74) is 3.18. The number of rotatable bonds is 7. The zero-order valence-electron chi connectivity index (χ0n) is 21.9. The number of sulfonamides is 1. The van der Waals surface area contributed by atoms with Crippen LogP contribution in [-0.2, 0) is 21.2 Å². The van der Waals surface area contributed by atoms with Crippen molar-refractivity contribution < 1.29 is 17.9 Å². The lowest BCUT2D eigenvalue weighted by Gasteiger charge is -2.41. The van der Waals surface area contributed by atoms with Crippen molar-refractivity contribution in [3.8, 4) is 5.88 Å². The van der Waals surface area contributed by atoms with Gasteiger partial charge < -0.3 is 19.4 Å². The van der Waals surface area contributed by atoms with Crippen LogP contribution >= 0.6 is 11.6 Å². The number of carbonyl (C=O) groups excluding carboxylic acids is 1. The minimum atomic E-state index is -3.83. The van der Waals surface area contributed by atoms with Gasteiger partial charge in [-0.3, -0.25) is 9.52 Å². The molecule has 1 N–H and O–H groups in total. The van der Waals surface area contributed by atoms with Crippen LogP contribution in [0.25, 0.3) is 0 Å². The van der Waals surface area contributed by atoms with Crippen molar-refractivity contribution in [1.82, 2.24) is 14.9 Å². The van der Waals surface area contributed by atoms with E-state index in [4.69, 9.17) is 16.3 Å². The second-order valence-electron chi connectivity index (χ2n) is 9.60. The molecule has 2 aliphatic heterocycles. The number of halogens is 1. The number of ether oxygens (including phenoxy) is 1. The number of aromatic nitrogens is 2. The number of aryl methyl sites for hydroxylation is 1. The lowest BCUT2D eigenvalue weighted by Crippen LogP contribution is -2.55. The minimum absolute atomic E-state index is 0.117. The van der Waals surface area contributed by atoms with Crippen molar-refractivity contribution in [3.63, 3.8) is 0 Å². The summed E-state index contributed by atoms with van der Waals surface area (Å²) in [6.45, 7) is 5.34. The smallest absolute Gasteiger partial charge is 0.263 e. The molecule has 0 spiro atoms. The van der Waals surface area contributed by atoms with Gasteiger partial charge in [0.2, 0.25) is 11.8 Å². The molecule has 1 atom stereocenters. The molecule has 1 fully saturated rings. The van der Waals surface area contributed by atoms with Crippen molar-refractivity contribution >= 4 is 44.7 Å². The van der Waals surface area contributed by atoms with Crippen LogP contribution < -0.4 is 19.3 Å². The van der Waals surface area contributed by atoms with Gasteiger partial charge in [0.15, 0.2) is 0 Å². The van der Waals surface area contributed by atoms with Crippen LogP contribution in [0, 0.1) is 0 Å².